The van der Waals surface area contributed by atoms with E-state index in [1.807, 2.05) is 6.20 Å². The van der Waals surface area contributed by atoms with Gasteiger partial charge in [-0.05, 0) is 49.5 Å². The number of aromatic amines is 1. The summed E-state index contributed by atoms with van der Waals surface area (Å²) in [6.45, 7) is 0. The average molecular weight is 215 g/mol. The number of halogens is 1. The van der Waals surface area contributed by atoms with Crippen molar-refractivity contribution < 1.29 is 4.39 Å². The van der Waals surface area contributed by atoms with E-state index < -0.39 is 0 Å². The number of fused-ring (bicyclic) bond motifs is 1. The molecule has 0 saturated carbocycles. The molecule has 1 aliphatic rings. The Bertz CT molecular complexity index is 551. The molecule has 2 heteroatoms. The van der Waals surface area contributed by atoms with Gasteiger partial charge in [-0.1, -0.05) is 6.08 Å². The minimum absolute atomic E-state index is 0.162. The van der Waals surface area contributed by atoms with E-state index in [0.29, 0.717) is 0 Å². The van der Waals surface area contributed by atoms with Crippen molar-refractivity contribution in [1.82, 2.24) is 4.98 Å². The van der Waals surface area contributed by atoms with Gasteiger partial charge in [0.25, 0.3) is 0 Å². The number of hydrogen-bond donors (Lipinski definition) is 1. The van der Waals surface area contributed by atoms with Crippen LogP contribution < -0.4 is 0 Å². The maximum Gasteiger partial charge on any atom is 0.123 e. The molecule has 0 radical (unpaired) electrons. The summed E-state index contributed by atoms with van der Waals surface area (Å²) in [5, 5.41) is 1.01. The molecule has 0 spiro atoms. The molecule has 16 heavy (non-hydrogen) atoms. The van der Waals surface area contributed by atoms with Gasteiger partial charge in [-0.3, -0.25) is 0 Å². The lowest BCUT2D eigenvalue weighted by Crippen LogP contribution is -1.90. The highest BCUT2D eigenvalue weighted by Crippen LogP contribution is 2.31. The second-order valence-electron chi connectivity index (χ2n) is 4.37. The van der Waals surface area contributed by atoms with Gasteiger partial charge in [0.15, 0.2) is 0 Å². The molecule has 1 aliphatic carbocycles. The normalized spacial score (nSPS) is 16.4. The first-order valence-corrected chi connectivity index (χ1v) is 5.80. The first-order chi connectivity index (χ1) is 7.84. The summed E-state index contributed by atoms with van der Waals surface area (Å²) >= 11 is 0. The van der Waals surface area contributed by atoms with E-state index in [1.54, 1.807) is 12.1 Å². The molecular formula is C14H14FN. The third kappa shape index (κ3) is 1.54. The fourth-order valence-electron chi connectivity index (χ4n) is 2.44. The van der Waals surface area contributed by atoms with Crippen molar-refractivity contribution in [2.24, 2.45) is 0 Å². The van der Waals surface area contributed by atoms with Crippen LogP contribution in [0.15, 0.2) is 30.5 Å². The van der Waals surface area contributed by atoms with E-state index in [-0.39, 0.29) is 5.82 Å². The number of hydrogen-bond acceptors (Lipinski definition) is 0. The number of H-pyrrole nitrogens is 1. The van der Waals surface area contributed by atoms with Crippen LogP contribution in [0.25, 0.3) is 16.5 Å². The monoisotopic (exact) mass is 215 g/mol. The first-order valence-electron chi connectivity index (χ1n) is 5.80. The van der Waals surface area contributed by atoms with Crippen molar-refractivity contribution in [3.63, 3.8) is 0 Å². The molecule has 1 heterocycles. The number of aromatic nitrogens is 1. The smallest absolute Gasteiger partial charge is 0.123 e. The summed E-state index contributed by atoms with van der Waals surface area (Å²) in [6, 6.07) is 4.92. The minimum Gasteiger partial charge on any atom is -0.361 e. The molecule has 0 amide bonds. The predicted octanol–water partition coefficient (Wildman–Crippen LogP) is 4.26. The average Bonchev–Trinajstić information content (AvgIpc) is 2.73. The zero-order valence-corrected chi connectivity index (χ0v) is 9.09. The van der Waals surface area contributed by atoms with Gasteiger partial charge in [0.05, 0.1) is 0 Å². The zero-order valence-electron chi connectivity index (χ0n) is 9.09. The van der Waals surface area contributed by atoms with E-state index in [1.165, 1.54) is 30.0 Å². The lowest BCUT2D eigenvalue weighted by atomic mass is 9.93. The van der Waals surface area contributed by atoms with Crippen molar-refractivity contribution in [2.75, 3.05) is 0 Å². The van der Waals surface area contributed by atoms with E-state index in [4.69, 9.17) is 0 Å². The summed E-state index contributed by atoms with van der Waals surface area (Å²) in [4.78, 5) is 3.21. The molecule has 82 valence electrons. The first kappa shape index (κ1) is 9.64. The number of rotatable bonds is 1. The van der Waals surface area contributed by atoms with Crippen LogP contribution in [-0.4, -0.2) is 4.98 Å². The molecule has 1 nitrogen and oxygen atoms in total. The van der Waals surface area contributed by atoms with E-state index in [0.717, 1.165) is 23.7 Å². The Balaban J connectivity index is 2.16. The topological polar surface area (TPSA) is 15.8 Å². The molecule has 3 rings (SSSR count). The third-order valence-electron chi connectivity index (χ3n) is 3.28. The maximum atomic E-state index is 13.2. The zero-order chi connectivity index (χ0) is 11.0. The Morgan fingerprint density at radius 2 is 2.12 bits per heavy atom. The Morgan fingerprint density at radius 1 is 1.19 bits per heavy atom. The van der Waals surface area contributed by atoms with Gasteiger partial charge in [-0.15, -0.1) is 0 Å². The third-order valence-corrected chi connectivity index (χ3v) is 3.28. The summed E-state index contributed by atoms with van der Waals surface area (Å²) in [6.07, 6.45) is 9.08. The van der Waals surface area contributed by atoms with Crippen molar-refractivity contribution in [3.8, 4) is 0 Å². The van der Waals surface area contributed by atoms with Crippen LogP contribution in [0.2, 0.25) is 0 Å². The van der Waals surface area contributed by atoms with Crippen LogP contribution >= 0.6 is 0 Å². The van der Waals surface area contributed by atoms with Crippen molar-refractivity contribution in [2.45, 2.75) is 25.7 Å². The van der Waals surface area contributed by atoms with Gasteiger partial charge >= 0.3 is 0 Å². The highest BCUT2D eigenvalue weighted by Gasteiger charge is 2.11. The summed E-state index contributed by atoms with van der Waals surface area (Å²) in [5.41, 5.74) is 3.56. The number of allylic oxidation sites excluding steroid dienone is 2. The lowest BCUT2D eigenvalue weighted by molar-refractivity contribution is 0.629. The van der Waals surface area contributed by atoms with Crippen LogP contribution in [0.3, 0.4) is 0 Å². The van der Waals surface area contributed by atoms with Crippen LogP contribution in [0.1, 0.15) is 31.2 Å². The highest BCUT2D eigenvalue weighted by molar-refractivity contribution is 5.92. The molecular weight excluding hydrogens is 201 g/mol. The molecule has 1 N–H and O–H groups in total. The van der Waals surface area contributed by atoms with Gasteiger partial charge in [-0.25, -0.2) is 4.39 Å². The molecule has 0 unspecified atom stereocenters. The highest BCUT2D eigenvalue weighted by atomic mass is 19.1. The fourth-order valence-corrected chi connectivity index (χ4v) is 2.44. The summed E-state index contributed by atoms with van der Waals surface area (Å²) in [7, 11) is 0. The van der Waals surface area contributed by atoms with Gasteiger partial charge < -0.3 is 4.98 Å². The van der Waals surface area contributed by atoms with E-state index in [2.05, 4.69) is 11.1 Å². The molecule has 1 aromatic carbocycles. The molecule has 2 aromatic rings. The Labute approximate surface area is 94.0 Å². The molecule has 0 fully saturated rings. The molecule has 0 atom stereocenters. The molecule has 1 aromatic heterocycles. The predicted molar refractivity (Wildman–Crippen MR) is 64.7 cm³/mol. The second-order valence-corrected chi connectivity index (χ2v) is 4.37. The van der Waals surface area contributed by atoms with Crippen molar-refractivity contribution in [1.29, 1.82) is 0 Å². The standard InChI is InChI=1S/C14H14FN/c15-11-6-7-14-12(8-11)13(9-16-14)10-4-2-1-3-5-10/h4,6-9,16H,1-3,5H2. The quantitative estimate of drug-likeness (QED) is 0.731. The summed E-state index contributed by atoms with van der Waals surface area (Å²) < 4.78 is 13.2. The van der Waals surface area contributed by atoms with Crippen LogP contribution in [-0.2, 0) is 0 Å². The van der Waals surface area contributed by atoms with E-state index >= 15 is 0 Å². The SMILES string of the molecule is Fc1ccc2[nH]cc(C3=CCCCC3)c2c1. The van der Waals surface area contributed by atoms with Crippen LogP contribution in [0.5, 0.6) is 0 Å². The van der Waals surface area contributed by atoms with Gasteiger partial charge in [0.2, 0.25) is 0 Å². The second kappa shape index (κ2) is 3.78. The number of nitrogens with one attached hydrogen (secondary N) is 1. The Morgan fingerprint density at radius 3 is 2.94 bits per heavy atom. The van der Waals surface area contributed by atoms with Gasteiger partial charge in [0.1, 0.15) is 5.82 Å². The number of benzene rings is 1. The lowest BCUT2D eigenvalue weighted by Gasteiger charge is -2.11. The molecule has 0 aliphatic heterocycles. The van der Waals surface area contributed by atoms with Crippen molar-refractivity contribution >= 4 is 16.5 Å². The largest absolute Gasteiger partial charge is 0.361 e. The van der Waals surface area contributed by atoms with Crippen LogP contribution in [0.4, 0.5) is 4.39 Å². The molecule has 0 saturated heterocycles. The van der Waals surface area contributed by atoms with Crippen LogP contribution in [0, 0.1) is 5.82 Å². The maximum absolute atomic E-state index is 13.2. The minimum atomic E-state index is -0.162. The van der Waals surface area contributed by atoms with Gasteiger partial charge in [-0.2, -0.15) is 0 Å². The summed E-state index contributed by atoms with van der Waals surface area (Å²) in [5.74, 6) is -0.162. The Hall–Kier alpha value is -1.57. The molecule has 0 bridgehead atoms. The van der Waals surface area contributed by atoms with Gasteiger partial charge in [0, 0.05) is 22.7 Å². The van der Waals surface area contributed by atoms with Crippen molar-refractivity contribution in [3.05, 3.63) is 41.9 Å². The van der Waals surface area contributed by atoms with E-state index in [9.17, 15) is 4.39 Å². The Kier molecular flexibility index (Phi) is 2.28. The fraction of sp³-hybridized carbons (Fsp3) is 0.286.